The third-order valence-electron chi connectivity index (χ3n) is 4.66. The number of hydrogen-bond acceptors (Lipinski definition) is 2. The number of anilines is 1. The zero-order valence-electron chi connectivity index (χ0n) is 12.5. The van der Waals surface area contributed by atoms with Crippen molar-refractivity contribution in [3.63, 3.8) is 0 Å². The Morgan fingerprint density at radius 1 is 1.20 bits per heavy atom. The maximum Gasteiger partial charge on any atom is 0.230 e. The van der Waals surface area contributed by atoms with Crippen molar-refractivity contribution in [2.24, 2.45) is 11.3 Å². The normalized spacial score (nSPS) is 18.6. The monoisotopic (exact) mass is 275 g/mol. The van der Waals surface area contributed by atoms with Crippen LogP contribution in [0.5, 0.6) is 5.75 Å². The quantitative estimate of drug-likeness (QED) is 0.807. The van der Waals surface area contributed by atoms with Crippen LogP contribution in [0.4, 0.5) is 5.69 Å². The van der Waals surface area contributed by atoms with E-state index in [1.807, 2.05) is 6.07 Å². The van der Waals surface area contributed by atoms with Crippen molar-refractivity contribution in [1.82, 2.24) is 0 Å². The Labute approximate surface area is 121 Å². The number of nitrogens with one attached hydrogen (secondary N) is 1. The van der Waals surface area contributed by atoms with Crippen LogP contribution >= 0.6 is 0 Å². The lowest BCUT2D eigenvalue weighted by molar-refractivity contribution is -0.129. The molecular formula is C17H25NO2. The SMILES string of the molecule is CC(C)C1(C(=O)Nc2cccc(O)c2)CCCCCC1. The van der Waals surface area contributed by atoms with Crippen molar-refractivity contribution < 1.29 is 9.90 Å². The van der Waals surface area contributed by atoms with Gasteiger partial charge in [0.05, 0.1) is 5.41 Å². The average Bonchev–Trinajstić information content (AvgIpc) is 2.65. The first-order valence-electron chi connectivity index (χ1n) is 7.65. The molecule has 3 heteroatoms. The highest BCUT2D eigenvalue weighted by Crippen LogP contribution is 2.42. The predicted octanol–water partition coefficient (Wildman–Crippen LogP) is 4.33. The molecule has 1 aliphatic rings. The van der Waals surface area contributed by atoms with E-state index in [-0.39, 0.29) is 17.1 Å². The summed E-state index contributed by atoms with van der Waals surface area (Å²) in [5.41, 5.74) is 0.418. The van der Waals surface area contributed by atoms with Crippen LogP contribution in [0.1, 0.15) is 52.4 Å². The van der Waals surface area contributed by atoms with Crippen LogP contribution in [0.2, 0.25) is 0 Å². The van der Waals surface area contributed by atoms with Gasteiger partial charge in [0.25, 0.3) is 0 Å². The molecular weight excluding hydrogens is 250 g/mol. The summed E-state index contributed by atoms with van der Waals surface area (Å²) in [6, 6.07) is 6.78. The number of phenols is 1. The minimum Gasteiger partial charge on any atom is -0.508 e. The van der Waals surface area contributed by atoms with Crippen molar-refractivity contribution >= 4 is 11.6 Å². The van der Waals surface area contributed by atoms with Gasteiger partial charge in [-0.05, 0) is 30.9 Å². The van der Waals surface area contributed by atoms with Crippen molar-refractivity contribution in [3.05, 3.63) is 24.3 Å². The number of carbonyl (C=O) groups excluding carboxylic acids is 1. The van der Waals surface area contributed by atoms with Crippen molar-refractivity contribution in [2.45, 2.75) is 52.4 Å². The Hall–Kier alpha value is -1.51. The molecule has 0 aliphatic heterocycles. The lowest BCUT2D eigenvalue weighted by Crippen LogP contribution is -2.40. The Balaban J connectivity index is 2.18. The van der Waals surface area contributed by atoms with Crippen LogP contribution in [-0.2, 0) is 4.79 Å². The number of aromatic hydroxyl groups is 1. The molecule has 1 aromatic rings. The van der Waals surface area contributed by atoms with Gasteiger partial charge in [-0.1, -0.05) is 45.6 Å². The van der Waals surface area contributed by atoms with E-state index >= 15 is 0 Å². The first kappa shape index (κ1) is 14.9. The molecule has 110 valence electrons. The van der Waals surface area contributed by atoms with Gasteiger partial charge >= 0.3 is 0 Å². The third-order valence-corrected chi connectivity index (χ3v) is 4.66. The zero-order valence-corrected chi connectivity index (χ0v) is 12.5. The number of phenolic OH excluding ortho intramolecular Hbond substituents is 1. The predicted molar refractivity (Wildman–Crippen MR) is 81.7 cm³/mol. The Morgan fingerprint density at radius 3 is 2.40 bits per heavy atom. The van der Waals surface area contributed by atoms with Gasteiger partial charge in [-0.3, -0.25) is 4.79 Å². The van der Waals surface area contributed by atoms with Crippen LogP contribution in [0.3, 0.4) is 0 Å². The second-order valence-electron chi connectivity index (χ2n) is 6.23. The molecule has 2 N–H and O–H groups in total. The number of carbonyl (C=O) groups is 1. The van der Waals surface area contributed by atoms with E-state index in [2.05, 4.69) is 19.2 Å². The molecule has 2 rings (SSSR count). The first-order valence-corrected chi connectivity index (χ1v) is 7.65. The molecule has 3 nitrogen and oxygen atoms in total. The highest BCUT2D eigenvalue weighted by atomic mass is 16.3. The molecule has 1 aliphatic carbocycles. The van der Waals surface area contributed by atoms with Gasteiger partial charge in [0.2, 0.25) is 5.91 Å². The molecule has 0 radical (unpaired) electrons. The molecule has 0 aromatic heterocycles. The van der Waals surface area contributed by atoms with E-state index in [0.717, 1.165) is 25.7 Å². The van der Waals surface area contributed by atoms with E-state index in [1.54, 1.807) is 18.2 Å². The number of benzene rings is 1. The number of rotatable bonds is 3. The smallest absolute Gasteiger partial charge is 0.230 e. The van der Waals surface area contributed by atoms with Gasteiger partial charge in [-0.25, -0.2) is 0 Å². The van der Waals surface area contributed by atoms with Crippen LogP contribution in [0, 0.1) is 11.3 Å². The highest BCUT2D eigenvalue weighted by Gasteiger charge is 2.41. The zero-order chi connectivity index (χ0) is 14.6. The van der Waals surface area contributed by atoms with Gasteiger partial charge in [-0.15, -0.1) is 0 Å². The molecule has 0 spiro atoms. The molecule has 0 heterocycles. The van der Waals surface area contributed by atoms with Gasteiger partial charge in [0.15, 0.2) is 0 Å². The fraction of sp³-hybridized carbons (Fsp3) is 0.588. The topological polar surface area (TPSA) is 49.3 Å². The first-order chi connectivity index (χ1) is 9.54. The van der Waals surface area contributed by atoms with Gasteiger partial charge in [0, 0.05) is 11.8 Å². The summed E-state index contributed by atoms with van der Waals surface area (Å²) in [6.45, 7) is 4.29. The van der Waals surface area contributed by atoms with Gasteiger partial charge in [0.1, 0.15) is 5.75 Å². The van der Waals surface area contributed by atoms with Crippen LogP contribution in [0.25, 0.3) is 0 Å². The van der Waals surface area contributed by atoms with E-state index in [1.165, 1.54) is 12.8 Å². The largest absolute Gasteiger partial charge is 0.508 e. The molecule has 0 atom stereocenters. The van der Waals surface area contributed by atoms with Gasteiger partial charge in [-0.2, -0.15) is 0 Å². The van der Waals surface area contributed by atoms with Crippen molar-refractivity contribution in [1.29, 1.82) is 0 Å². The van der Waals surface area contributed by atoms with Crippen LogP contribution < -0.4 is 5.32 Å². The third kappa shape index (κ3) is 3.14. The fourth-order valence-corrected chi connectivity index (χ4v) is 3.27. The van der Waals surface area contributed by atoms with Crippen LogP contribution in [0.15, 0.2) is 24.3 Å². The Bertz CT molecular complexity index is 460. The second kappa shape index (κ2) is 6.29. The molecule has 20 heavy (non-hydrogen) atoms. The summed E-state index contributed by atoms with van der Waals surface area (Å²) >= 11 is 0. The summed E-state index contributed by atoms with van der Waals surface area (Å²) in [7, 11) is 0. The second-order valence-corrected chi connectivity index (χ2v) is 6.23. The average molecular weight is 275 g/mol. The lowest BCUT2D eigenvalue weighted by atomic mass is 9.70. The number of amides is 1. The number of hydrogen-bond donors (Lipinski definition) is 2. The molecule has 1 amide bonds. The summed E-state index contributed by atoms with van der Waals surface area (Å²) in [5, 5.41) is 12.5. The standard InChI is InChI=1S/C17H25NO2/c1-13(2)17(10-5-3-4-6-11-17)16(20)18-14-8-7-9-15(19)12-14/h7-9,12-13,19H,3-6,10-11H2,1-2H3,(H,18,20). The van der Waals surface area contributed by atoms with Crippen LogP contribution in [-0.4, -0.2) is 11.0 Å². The summed E-state index contributed by atoms with van der Waals surface area (Å²) in [5.74, 6) is 0.625. The maximum atomic E-state index is 12.8. The Kier molecular flexibility index (Phi) is 4.69. The highest BCUT2D eigenvalue weighted by molar-refractivity contribution is 5.95. The lowest BCUT2D eigenvalue weighted by Gasteiger charge is -2.35. The van der Waals surface area contributed by atoms with Crippen molar-refractivity contribution in [3.8, 4) is 5.75 Å². The molecule has 0 bridgehead atoms. The van der Waals surface area contributed by atoms with E-state index in [4.69, 9.17) is 0 Å². The fourth-order valence-electron chi connectivity index (χ4n) is 3.27. The summed E-state index contributed by atoms with van der Waals surface area (Å²) < 4.78 is 0. The minimum absolute atomic E-state index is 0.111. The van der Waals surface area contributed by atoms with E-state index < -0.39 is 0 Å². The molecule has 1 aromatic carbocycles. The Morgan fingerprint density at radius 2 is 1.85 bits per heavy atom. The van der Waals surface area contributed by atoms with Gasteiger partial charge < -0.3 is 10.4 Å². The van der Waals surface area contributed by atoms with E-state index in [9.17, 15) is 9.90 Å². The molecule has 0 saturated heterocycles. The molecule has 1 fully saturated rings. The van der Waals surface area contributed by atoms with E-state index in [0.29, 0.717) is 11.6 Å². The summed E-state index contributed by atoms with van der Waals surface area (Å²) in [4.78, 5) is 12.8. The molecule has 0 unspecified atom stereocenters. The maximum absolute atomic E-state index is 12.8. The molecule has 1 saturated carbocycles. The van der Waals surface area contributed by atoms with Crippen molar-refractivity contribution in [2.75, 3.05) is 5.32 Å². The minimum atomic E-state index is -0.262. The summed E-state index contributed by atoms with van der Waals surface area (Å²) in [6.07, 6.45) is 6.66.